The van der Waals surface area contributed by atoms with Crippen LogP contribution in [0.15, 0.2) is 16.9 Å². The zero-order chi connectivity index (χ0) is 8.81. The van der Waals surface area contributed by atoms with Gasteiger partial charge in [0.05, 0.1) is 11.7 Å². The average Bonchev–Trinajstić information content (AvgIpc) is 2.16. The summed E-state index contributed by atoms with van der Waals surface area (Å²) in [5.74, 6) is 0. The van der Waals surface area contributed by atoms with Crippen molar-refractivity contribution < 1.29 is 0 Å². The molecule has 1 rings (SSSR count). The molecule has 0 radical (unpaired) electrons. The molecule has 1 saturated carbocycles. The molecule has 0 heterocycles. The van der Waals surface area contributed by atoms with Gasteiger partial charge in [-0.1, -0.05) is 19.3 Å². The van der Waals surface area contributed by atoms with Crippen LogP contribution in [0, 0.1) is 0 Å². The zero-order valence-corrected chi connectivity index (χ0v) is 7.37. The van der Waals surface area contributed by atoms with Crippen molar-refractivity contribution in [3.63, 3.8) is 0 Å². The van der Waals surface area contributed by atoms with E-state index in [0.717, 1.165) is 0 Å². The van der Waals surface area contributed by atoms with Crippen LogP contribution in [0.4, 0.5) is 0 Å². The summed E-state index contributed by atoms with van der Waals surface area (Å²) in [7, 11) is 0. The average molecular weight is 167 g/mol. The molecule has 0 aromatic heterocycles. The molecule has 0 unspecified atom stereocenters. The third kappa shape index (κ3) is 2.95. The van der Waals surface area contributed by atoms with Crippen molar-refractivity contribution >= 4 is 6.21 Å². The van der Waals surface area contributed by atoms with Crippen LogP contribution in [0.1, 0.15) is 32.1 Å². The lowest BCUT2D eigenvalue weighted by Crippen LogP contribution is -2.11. The Labute approximate surface area is 73.5 Å². The Hall–Kier alpha value is -0.990. The van der Waals surface area contributed by atoms with E-state index in [1.807, 2.05) is 0 Å². The van der Waals surface area contributed by atoms with Crippen LogP contribution in [0.25, 0.3) is 0 Å². The first-order valence-corrected chi connectivity index (χ1v) is 4.53. The first kappa shape index (κ1) is 9.10. The van der Waals surface area contributed by atoms with Crippen molar-refractivity contribution in [3.8, 4) is 0 Å². The molecule has 0 atom stereocenters. The number of aliphatic imine (C=N–C) groups is 1. The summed E-state index contributed by atoms with van der Waals surface area (Å²) in [6, 6.07) is 0.484. The molecule has 0 amide bonds. The predicted molar refractivity (Wildman–Crippen MR) is 51.8 cm³/mol. The van der Waals surface area contributed by atoms with Crippen LogP contribution in [0.5, 0.6) is 0 Å². The van der Waals surface area contributed by atoms with Gasteiger partial charge >= 0.3 is 0 Å². The van der Waals surface area contributed by atoms with Crippen LogP contribution in [0.3, 0.4) is 0 Å². The highest BCUT2D eigenvalue weighted by Crippen LogP contribution is 2.19. The third-order valence-corrected chi connectivity index (χ3v) is 2.20. The quantitative estimate of drug-likeness (QED) is 0.606. The molecule has 1 aliphatic rings. The highest BCUT2D eigenvalue weighted by molar-refractivity contribution is 5.77. The summed E-state index contributed by atoms with van der Waals surface area (Å²) in [5.41, 5.74) is 11.2. The molecule has 0 spiro atoms. The van der Waals surface area contributed by atoms with Gasteiger partial charge in [-0.2, -0.15) is 0 Å². The second-order valence-corrected chi connectivity index (χ2v) is 3.24. The summed E-state index contributed by atoms with van der Waals surface area (Å²) in [5, 5.41) is 0. The highest BCUT2D eigenvalue weighted by Gasteiger charge is 2.10. The Bertz CT molecular complexity index is 178. The second kappa shape index (κ2) is 4.80. The molecule has 0 bridgehead atoms. The molecule has 0 aromatic carbocycles. The van der Waals surface area contributed by atoms with Gasteiger partial charge in [-0.05, 0) is 12.8 Å². The maximum atomic E-state index is 5.48. The molecular weight excluding hydrogens is 150 g/mol. The normalized spacial score (nSPS) is 21.8. The number of hydrogen-bond acceptors (Lipinski definition) is 3. The number of nitrogens with two attached hydrogens (primary N) is 2. The van der Waals surface area contributed by atoms with Crippen molar-refractivity contribution in [2.75, 3.05) is 0 Å². The maximum absolute atomic E-state index is 5.48. The Balaban J connectivity index is 2.33. The number of hydrogen-bond donors (Lipinski definition) is 2. The van der Waals surface area contributed by atoms with E-state index in [-0.39, 0.29) is 0 Å². The van der Waals surface area contributed by atoms with Crippen LogP contribution < -0.4 is 11.5 Å². The largest absolute Gasteiger partial charge is 0.403 e. The Kier molecular flexibility index (Phi) is 3.64. The molecule has 4 N–H and O–H groups in total. The fourth-order valence-electron chi connectivity index (χ4n) is 1.46. The van der Waals surface area contributed by atoms with E-state index in [1.54, 1.807) is 6.21 Å². The lowest BCUT2D eigenvalue weighted by Gasteiger charge is -2.16. The highest BCUT2D eigenvalue weighted by atomic mass is 14.8. The predicted octanol–water partition coefficient (Wildman–Crippen LogP) is 1.15. The topological polar surface area (TPSA) is 64.4 Å². The molecule has 3 heteroatoms. The first-order valence-electron chi connectivity index (χ1n) is 4.53. The summed E-state index contributed by atoms with van der Waals surface area (Å²) < 4.78 is 0. The first-order chi connectivity index (χ1) is 5.83. The van der Waals surface area contributed by atoms with Crippen molar-refractivity contribution in [2.45, 2.75) is 38.1 Å². The van der Waals surface area contributed by atoms with Gasteiger partial charge in [0.1, 0.15) is 0 Å². The molecule has 3 nitrogen and oxygen atoms in total. The van der Waals surface area contributed by atoms with Gasteiger partial charge in [-0.3, -0.25) is 4.99 Å². The molecule has 12 heavy (non-hydrogen) atoms. The lowest BCUT2D eigenvalue weighted by atomic mass is 9.96. The van der Waals surface area contributed by atoms with E-state index < -0.39 is 0 Å². The van der Waals surface area contributed by atoms with Crippen LogP contribution in [-0.4, -0.2) is 12.3 Å². The van der Waals surface area contributed by atoms with Crippen molar-refractivity contribution in [2.24, 2.45) is 16.5 Å². The van der Waals surface area contributed by atoms with E-state index in [9.17, 15) is 0 Å². The van der Waals surface area contributed by atoms with E-state index in [2.05, 4.69) is 4.99 Å². The fourth-order valence-corrected chi connectivity index (χ4v) is 1.46. The van der Waals surface area contributed by atoms with E-state index in [1.165, 1.54) is 38.3 Å². The van der Waals surface area contributed by atoms with Gasteiger partial charge in [0.25, 0.3) is 0 Å². The Morgan fingerprint density at radius 1 is 1.25 bits per heavy atom. The molecule has 0 aliphatic heterocycles. The smallest absolute Gasteiger partial charge is 0.0653 e. The van der Waals surface area contributed by atoms with Gasteiger partial charge in [0, 0.05) is 12.4 Å². The molecule has 0 saturated heterocycles. The number of nitrogens with zero attached hydrogens (tertiary/aromatic N) is 1. The Morgan fingerprint density at radius 3 is 2.50 bits per heavy atom. The monoisotopic (exact) mass is 167 g/mol. The van der Waals surface area contributed by atoms with E-state index >= 15 is 0 Å². The van der Waals surface area contributed by atoms with Crippen LogP contribution in [0.2, 0.25) is 0 Å². The van der Waals surface area contributed by atoms with Crippen molar-refractivity contribution in [1.29, 1.82) is 0 Å². The van der Waals surface area contributed by atoms with Gasteiger partial charge < -0.3 is 11.5 Å². The molecule has 1 fully saturated rings. The van der Waals surface area contributed by atoms with Crippen LogP contribution in [-0.2, 0) is 0 Å². The second-order valence-electron chi connectivity index (χ2n) is 3.24. The minimum Gasteiger partial charge on any atom is -0.403 e. The number of rotatable bonds is 2. The Morgan fingerprint density at radius 2 is 1.92 bits per heavy atom. The third-order valence-electron chi connectivity index (χ3n) is 2.20. The van der Waals surface area contributed by atoms with E-state index in [4.69, 9.17) is 11.5 Å². The van der Waals surface area contributed by atoms with Gasteiger partial charge in [-0.15, -0.1) is 0 Å². The summed E-state index contributed by atoms with van der Waals surface area (Å²) >= 11 is 0. The number of allylic oxidation sites excluding steroid dienone is 1. The van der Waals surface area contributed by atoms with Crippen molar-refractivity contribution in [3.05, 3.63) is 11.9 Å². The summed E-state index contributed by atoms with van der Waals surface area (Å²) in [6.07, 6.45) is 9.42. The molecular formula is C9H17N3. The van der Waals surface area contributed by atoms with Gasteiger partial charge in [-0.25, -0.2) is 0 Å². The van der Waals surface area contributed by atoms with Crippen molar-refractivity contribution in [1.82, 2.24) is 0 Å². The fraction of sp³-hybridized carbons (Fsp3) is 0.667. The SMILES string of the molecule is N/C=C(/N)C=NC1CCCCC1. The standard InChI is InChI=1S/C9H17N3/c10-6-8(11)7-12-9-4-2-1-3-5-9/h6-7,9H,1-5,10-11H2/b8-6+,12-7?. The van der Waals surface area contributed by atoms with Gasteiger partial charge in [0.2, 0.25) is 0 Å². The molecule has 68 valence electrons. The zero-order valence-electron chi connectivity index (χ0n) is 7.37. The molecule has 0 aromatic rings. The summed E-state index contributed by atoms with van der Waals surface area (Å²) in [4.78, 5) is 4.36. The minimum atomic E-state index is 0.484. The summed E-state index contributed by atoms with van der Waals surface area (Å²) in [6.45, 7) is 0. The molecule has 1 aliphatic carbocycles. The van der Waals surface area contributed by atoms with E-state index in [0.29, 0.717) is 11.7 Å². The van der Waals surface area contributed by atoms with Crippen LogP contribution >= 0.6 is 0 Å². The minimum absolute atomic E-state index is 0.484. The van der Waals surface area contributed by atoms with Gasteiger partial charge in [0.15, 0.2) is 0 Å². The lowest BCUT2D eigenvalue weighted by molar-refractivity contribution is 0.444. The maximum Gasteiger partial charge on any atom is 0.0653 e.